The Morgan fingerprint density at radius 2 is 1.89 bits per heavy atom. The summed E-state index contributed by atoms with van der Waals surface area (Å²) in [5.41, 5.74) is 1.92. The Hall–Kier alpha value is -4.99. The van der Waals surface area contributed by atoms with Crippen molar-refractivity contribution in [1.29, 1.82) is 5.26 Å². The summed E-state index contributed by atoms with van der Waals surface area (Å²) in [7, 11) is 1.35. The topological polar surface area (TPSA) is 129 Å². The van der Waals surface area contributed by atoms with Crippen LogP contribution in [0.3, 0.4) is 0 Å². The van der Waals surface area contributed by atoms with Crippen LogP contribution >= 0.6 is 0 Å². The molecule has 0 radical (unpaired) electrons. The van der Waals surface area contributed by atoms with Gasteiger partial charge >= 0.3 is 0 Å². The molecule has 1 aromatic carbocycles. The smallest absolute Gasteiger partial charge is 0.251 e. The number of pyridine rings is 2. The van der Waals surface area contributed by atoms with E-state index in [2.05, 4.69) is 30.5 Å². The van der Waals surface area contributed by atoms with E-state index in [1.807, 2.05) is 6.07 Å². The minimum Gasteiger partial charge on any atom is -0.495 e. The molecule has 11 nitrogen and oxygen atoms in total. The van der Waals surface area contributed by atoms with Gasteiger partial charge in [-0.15, -0.1) is 5.10 Å². The Morgan fingerprint density at radius 3 is 2.64 bits per heavy atom. The van der Waals surface area contributed by atoms with Gasteiger partial charge in [0.05, 0.1) is 30.7 Å². The normalized spacial score (nSPS) is 11.9. The van der Waals surface area contributed by atoms with Crippen molar-refractivity contribution >= 4 is 11.2 Å². The van der Waals surface area contributed by atoms with Crippen LogP contribution in [0.2, 0.25) is 0 Å². The molecular formula is C23H17F2N9O2. The molecular weight excluding hydrogens is 472 g/mol. The van der Waals surface area contributed by atoms with Crippen molar-refractivity contribution in [3.63, 3.8) is 0 Å². The lowest BCUT2D eigenvalue weighted by Gasteiger charge is -2.14. The molecule has 0 bridgehead atoms. The zero-order valence-electron chi connectivity index (χ0n) is 19.0. The van der Waals surface area contributed by atoms with E-state index in [4.69, 9.17) is 9.47 Å². The van der Waals surface area contributed by atoms with Crippen molar-refractivity contribution < 1.29 is 18.3 Å². The highest BCUT2D eigenvalue weighted by Crippen LogP contribution is 2.30. The minimum atomic E-state index is -0.640. The lowest BCUT2D eigenvalue weighted by molar-refractivity contribution is 0.177. The number of hydrogen-bond donors (Lipinski definition) is 0. The van der Waals surface area contributed by atoms with Crippen LogP contribution in [0.25, 0.3) is 28.2 Å². The van der Waals surface area contributed by atoms with Crippen molar-refractivity contribution in [2.45, 2.75) is 19.6 Å². The van der Waals surface area contributed by atoms with Crippen molar-refractivity contribution in [3.8, 4) is 34.8 Å². The first kappa shape index (κ1) is 22.8. The number of benzene rings is 1. The van der Waals surface area contributed by atoms with Crippen LogP contribution in [0.15, 0.2) is 49.1 Å². The largest absolute Gasteiger partial charge is 0.495 e. The van der Waals surface area contributed by atoms with Gasteiger partial charge in [0.25, 0.3) is 5.88 Å². The number of aromatic nitrogens is 8. The molecule has 0 fully saturated rings. The maximum atomic E-state index is 14.5. The molecule has 1 atom stereocenters. The summed E-state index contributed by atoms with van der Waals surface area (Å²) in [6.45, 7) is 2.03. The van der Waals surface area contributed by atoms with E-state index in [0.717, 1.165) is 6.07 Å². The number of fused-ring (bicyclic) bond motifs is 1. The van der Waals surface area contributed by atoms with Crippen molar-refractivity contribution in [2.75, 3.05) is 7.11 Å². The maximum absolute atomic E-state index is 14.5. The van der Waals surface area contributed by atoms with Crippen LogP contribution in [-0.4, -0.2) is 52.9 Å². The highest BCUT2D eigenvalue weighted by atomic mass is 19.1. The first-order valence-corrected chi connectivity index (χ1v) is 10.6. The zero-order valence-corrected chi connectivity index (χ0v) is 19.0. The highest BCUT2D eigenvalue weighted by molar-refractivity contribution is 5.77. The molecule has 4 aromatic heterocycles. The quantitative estimate of drug-likeness (QED) is 0.338. The summed E-state index contributed by atoms with van der Waals surface area (Å²) in [4.78, 5) is 13.2. The number of imidazole rings is 1. The van der Waals surface area contributed by atoms with Crippen LogP contribution in [0.5, 0.6) is 11.6 Å². The number of hydrogen-bond acceptors (Lipinski definition) is 9. The van der Waals surface area contributed by atoms with E-state index in [0.29, 0.717) is 29.1 Å². The first-order chi connectivity index (χ1) is 17.5. The lowest BCUT2D eigenvalue weighted by Crippen LogP contribution is -2.21. The number of nitriles is 1. The Morgan fingerprint density at radius 1 is 1.08 bits per heavy atom. The van der Waals surface area contributed by atoms with E-state index in [-0.39, 0.29) is 22.9 Å². The number of halogens is 2. The number of methoxy groups -OCH3 is 1. The third-order valence-corrected chi connectivity index (χ3v) is 5.26. The fourth-order valence-electron chi connectivity index (χ4n) is 3.65. The fourth-order valence-corrected chi connectivity index (χ4v) is 3.65. The Labute approximate surface area is 202 Å². The summed E-state index contributed by atoms with van der Waals surface area (Å²) in [5, 5.41) is 20.5. The van der Waals surface area contributed by atoms with Gasteiger partial charge in [0.1, 0.15) is 47.5 Å². The van der Waals surface area contributed by atoms with Crippen LogP contribution < -0.4 is 9.47 Å². The molecule has 0 unspecified atom stereocenters. The Kier molecular flexibility index (Phi) is 5.91. The number of nitrogens with zero attached hydrogens (tertiary/aromatic N) is 9. The number of rotatable bonds is 7. The fraction of sp³-hybridized carbons (Fsp3) is 0.174. The second-order valence-corrected chi connectivity index (χ2v) is 7.71. The van der Waals surface area contributed by atoms with Crippen LogP contribution in [-0.2, 0) is 6.54 Å². The summed E-state index contributed by atoms with van der Waals surface area (Å²) < 4.78 is 42.5. The SMILES string of the molecule is COc1cc(F)cc(-n2cnc3ccc(-c4ccc(F)c(O[C@@H](C)Cn5cnnn5)n4)nc32)c1C#N. The minimum absolute atomic E-state index is 0.0864. The third-order valence-electron chi connectivity index (χ3n) is 5.26. The van der Waals surface area contributed by atoms with Gasteiger partial charge in [0.15, 0.2) is 11.5 Å². The predicted molar refractivity (Wildman–Crippen MR) is 121 cm³/mol. The molecule has 0 aliphatic carbocycles. The average molecular weight is 489 g/mol. The molecule has 5 rings (SSSR count). The van der Waals surface area contributed by atoms with Crippen LogP contribution in [0.1, 0.15) is 12.5 Å². The zero-order chi connectivity index (χ0) is 25.2. The molecule has 0 aliphatic rings. The first-order valence-electron chi connectivity index (χ1n) is 10.6. The molecule has 5 aromatic rings. The van der Waals surface area contributed by atoms with E-state index < -0.39 is 17.7 Å². The molecule has 13 heteroatoms. The summed E-state index contributed by atoms with van der Waals surface area (Å²) in [6, 6.07) is 10.4. The standard InChI is InChI=1S/C23H17F2N9O2/c1-13(10-33-12-28-31-32-33)36-23-16(25)3-4-18(30-23)17-5-6-19-22(29-17)34(11-27-19)20-7-14(24)8-21(35-2)15(20)9-26/h3-8,11-13H,10H2,1-2H3/t13-/m0/s1. The summed E-state index contributed by atoms with van der Waals surface area (Å²) in [5.74, 6) is -1.34. The second kappa shape index (κ2) is 9.34. The number of ether oxygens (including phenoxy) is 2. The summed E-state index contributed by atoms with van der Waals surface area (Å²) >= 11 is 0. The molecule has 4 heterocycles. The molecule has 0 N–H and O–H groups in total. The van der Waals surface area contributed by atoms with Crippen LogP contribution in [0, 0.1) is 23.0 Å². The van der Waals surface area contributed by atoms with Gasteiger partial charge in [0, 0.05) is 6.07 Å². The van der Waals surface area contributed by atoms with Gasteiger partial charge in [-0.1, -0.05) is 0 Å². The summed E-state index contributed by atoms with van der Waals surface area (Å²) in [6.07, 6.45) is 2.38. The highest BCUT2D eigenvalue weighted by Gasteiger charge is 2.18. The van der Waals surface area contributed by atoms with Gasteiger partial charge in [-0.3, -0.25) is 4.57 Å². The predicted octanol–water partition coefficient (Wildman–Crippen LogP) is 3.09. The Balaban J connectivity index is 1.53. The van der Waals surface area contributed by atoms with Crippen LogP contribution in [0.4, 0.5) is 8.78 Å². The van der Waals surface area contributed by atoms with Gasteiger partial charge in [-0.2, -0.15) is 5.26 Å². The maximum Gasteiger partial charge on any atom is 0.251 e. The van der Waals surface area contributed by atoms with Crippen molar-refractivity contribution in [3.05, 3.63) is 66.3 Å². The van der Waals surface area contributed by atoms with E-state index in [1.54, 1.807) is 19.1 Å². The monoisotopic (exact) mass is 489 g/mol. The molecule has 0 spiro atoms. The molecule has 0 saturated carbocycles. The van der Waals surface area contributed by atoms with Gasteiger partial charge in [0.2, 0.25) is 0 Å². The van der Waals surface area contributed by atoms with Crippen molar-refractivity contribution in [1.82, 2.24) is 39.7 Å². The third kappa shape index (κ3) is 4.27. The van der Waals surface area contributed by atoms with Crippen molar-refractivity contribution in [2.24, 2.45) is 0 Å². The molecule has 0 saturated heterocycles. The second-order valence-electron chi connectivity index (χ2n) is 7.71. The molecule has 36 heavy (non-hydrogen) atoms. The lowest BCUT2D eigenvalue weighted by atomic mass is 10.1. The molecule has 0 aliphatic heterocycles. The number of tetrazole rings is 1. The Bertz CT molecular complexity index is 1600. The van der Waals surface area contributed by atoms with Gasteiger partial charge < -0.3 is 9.47 Å². The van der Waals surface area contributed by atoms with E-state index in [9.17, 15) is 14.0 Å². The van der Waals surface area contributed by atoms with E-state index >= 15 is 0 Å². The van der Waals surface area contributed by atoms with Gasteiger partial charge in [-0.05, 0) is 47.7 Å². The van der Waals surface area contributed by atoms with Gasteiger partial charge in [-0.25, -0.2) is 28.4 Å². The molecule has 180 valence electrons. The average Bonchev–Trinajstić information content (AvgIpc) is 3.54. The van der Waals surface area contributed by atoms with E-state index in [1.165, 1.54) is 47.2 Å². The molecule has 0 amide bonds.